The van der Waals surface area contributed by atoms with Crippen molar-refractivity contribution in [2.45, 2.75) is 74.9 Å². The first-order valence-electron chi connectivity index (χ1n) is 16.9. The van der Waals surface area contributed by atoms with Crippen LogP contribution in [0.4, 0.5) is 11.5 Å². The maximum Gasteiger partial charge on any atom is 0.254 e. The number of ether oxygens (including phenoxy) is 1. The number of aromatic nitrogens is 2. The fraction of sp³-hybridized carbons (Fsp3) is 0.457. The third-order valence-electron chi connectivity index (χ3n) is 9.47. The fourth-order valence-electron chi connectivity index (χ4n) is 6.74. The van der Waals surface area contributed by atoms with Gasteiger partial charge in [0.2, 0.25) is 20.9 Å². The standard InChI is InChI=1S/C35H43N7O9S/c1-39-29-30(38-34(39)52(3,49)50)41(35(48)40(2)33(29)47)17-8-10-21-9-6-11-22(19-21)51-18-5-4-14-27(43)36-25-13-7-12-23-24(25)20-42(32(23)46)26-15-16-28(44)37-31(26)45/h6-7,9,11-13,19,26,28,31,33,35,37,44-45,47-48H,4-5,14-18,20H2,1-3H3,(H,36,43). The minimum absolute atomic E-state index is 0.00885. The summed E-state index contributed by atoms with van der Waals surface area (Å²) in [5, 5.41) is 47.0. The van der Waals surface area contributed by atoms with Crippen molar-refractivity contribution < 1.29 is 43.2 Å². The normalized spacial score (nSPS) is 23.1. The molecule has 2 aromatic carbocycles. The summed E-state index contributed by atoms with van der Waals surface area (Å²) in [4.78, 5) is 34.4. The first kappa shape index (κ1) is 37.2. The minimum Gasteiger partial charge on any atom is -0.494 e. The van der Waals surface area contributed by atoms with Gasteiger partial charge >= 0.3 is 0 Å². The lowest BCUT2D eigenvalue weighted by Crippen LogP contribution is -2.56. The summed E-state index contributed by atoms with van der Waals surface area (Å²) >= 11 is 0. The van der Waals surface area contributed by atoms with Crippen LogP contribution in [0.25, 0.3) is 0 Å². The Kier molecular flexibility index (Phi) is 10.9. The second kappa shape index (κ2) is 15.2. The first-order chi connectivity index (χ1) is 24.7. The number of sulfone groups is 1. The van der Waals surface area contributed by atoms with E-state index in [-0.39, 0.29) is 48.0 Å². The van der Waals surface area contributed by atoms with Gasteiger partial charge in [-0.1, -0.05) is 24.0 Å². The number of fused-ring (bicyclic) bond motifs is 2. The number of carbonyl (C=O) groups excluding carboxylic acids is 2. The summed E-state index contributed by atoms with van der Waals surface area (Å²) < 4.78 is 31.7. The average molecular weight is 738 g/mol. The summed E-state index contributed by atoms with van der Waals surface area (Å²) in [5.41, 5.74) is 2.62. The van der Waals surface area contributed by atoms with Crippen molar-refractivity contribution in [1.82, 2.24) is 24.7 Å². The van der Waals surface area contributed by atoms with Gasteiger partial charge in [0.1, 0.15) is 23.9 Å². The van der Waals surface area contributed by atoms with Crippen LogP contribution in [0.5, 0.6) is 5.75 Å². The highest BCUT2D eigenvalue weighted by molar-refractivity contribution is 7.90. The molecule has 0 spiro atoms. The molecular formula is C35H43N7O9S. The number of hydrogen-bond acceptors (Lipinski definition) is 13. The molecule has 2 amide bonds. The molecule has 3 aliphatic heterocycles. The number of piperidine rings is 1. The van der Waals surface area contributed by atoms with Gasteiger partial charge in [-0.2, -0.15) is 0 Å². The molecule has 0 radical (unpaired) electrons. The Bertz CT molecular complexity index is 2010. The molecule has 0 aliphatic carbocycles. The van der Waals surface area contributed by atoms with Crippen molar-refractivity contribution in [2.75, 3.05) is 36.7 Å². The Hall–Kier alpha value is -4.54. The number of anilines is 2. The summed E-state index contributed by atoms with van der Waals surface area (Å²) in [6.45, 7) is 0.603. The fourth-order valence-corrected chi connectivity index (χ4v) is 7.59. The summed E-state index contributed by atoms with van der Waals surface area (Å²) in [5.74, 6) is 6.32. The zero-order chi connectivity index (χ0) is 37.3. The maximum absolute atomic E-state index is 13.1. The molecule has 3 aliphatic rings. The van der Waals surface area contributed by atoms with E-state index in [9.17, 15) is 38.4 Å². The lowest BCUT2D eigenvalue weighted by molar-refractivity contribution is -0.116. The summed E-state index contributed by atoms with van der Waals surface area (Å²) in [6.07, 6.45) is -1.13. The molecule has 5 unspecified atom stereocenters. The molecule has 0 bridgehead atoms. The van der Waals surface area contributed by atoms with Crippen LogP contribution in [0.1, 0.15) is 65.5 Å². The number of benzene rings is 2. The van der Waals surface area contributed by atoms with Crippen LogP contribution in [0.15, 0.2) is 47.6 Å². The summed E-state index contributed by atoms with van der Waals surface area (Å²) in [7, 11) is -0.706. The monoisotopic (exact) mass is 737 g/mol. The van der Waals surface area contributed by atoms with E-state index in [2.05, 4.69) is 27.5 Å². The third kappa shape index (κ3) is 7.64. The van der Waals surface area contributed by atoms with Gasteiger partial charge in [0.25, 0.3) is 5.91 Å². The summed E-state index contributed by atoms with van der Waals surface area (Å²) in [6, 6.07) is 11.8. The van der Waals surface area contributed by atoms with E-state index in [0.717, 1.165) is 6.26 Å². The van der Waals surface area contributed by atoms with E-state index < -0.39 is 40.9 Å². The van der Waals surface area contributed by atoms with Gasteiger partial charge < -0.3 is 44.8 Å². The van der Waals surface area contributed by atoms with E-state index in [1.807, 2.05) is 0 Å². The number of hydrogen-bond donors (Lipinski definition) is 6. The smallest absolute Gasteiger partial charge is 0.254 e. The Morgan fingerprint density at radius 2 is 1.87 bits per heavy atom. The zero-order valence-corrected chi connectivity index (χ0v) is 29.9. The second-order valence-corrected chi connectivity index (χ2v) is 15.1. The molecule has 17 heteroatoms. The highest BCUT2D eigenvalue weighted by Gasteiger charge is 2.41. The van der Waals surface area contributed by atoms with Crippen LogP contribution in [0.3, 0.4) is 0 Å². The Morgan fingerprint density at radius 3 is 2.62 bits per heavy atom. The predicted molar refractivity (Wildman–Crippen MR) is 188 cm³/mol. The van der Waals surface area contributed by atoms with Crippen LogP contribution in [0.2, 0.25) is 0 Å². The zero-order valence-electron chi connectivity index (χ0n) is 29.1. The molecule has 1 saturated heterocycles. The first-order valence-corrected chi connectivity index (χ1v) is 18.8. The van der Waals surface area contributed by atoms with Crippen LogP contribution >= 0.6 is 0 Å². The van der Waals surface area contributed by atoms with Gasteiger partial charge in [-0.05, 0) is 63.1 Å². The molecule has 5 atom stereocenters. The van der Waals surface area contributed by atoms with E-state index in [1.54, 1.807) is 47.4 Å². The van der Waals surface area contributed by atoms with E-state index in [0.29, 0.717) is 60.4 Å². The largest absolute Gasteiger partial charge is 0.494 e. The third-order valence-corrected chi connectivity index (χ3v) is 10.5. The van der Waals surface area contributed by atoms with Gasteiger partial charge in [0.15, 0.2) is 18.4 Å². The van der Waals surface area contributed by atoms with Crippen LogP contribution in [0, 0.1) is 11.8 Å². The molecule has 16 nitrogen and oxygen atoms in total. The molecule has 0 saturated carbocycles. The van der Waals surface area contributed by atoms with Crippen LogP contribution in [-0.4, -0.2) is 111 Å². The molecule has 6 N–H and O–H groups in total. The number of nitrogens with zero attached hydrogens (tertiary/aromatic N) is 5. The lowest BCUT2D eigenvalue weighted by atomic mass is 10.0. The Morgan fingerprint density at radius 1 is 1.10 bits per heavy atom. The average Bonchev–Trinajstić information content (AvgIpc) is 3.62. The number of nitrogens with one attached hydrogen (secondary N) is 2. The van der Waals surface area contributed by atoms with Gasteiger partial charge in [-0.15, -0.1) is 0 Å². The number of aliphatic hydroxyl groups is 4. The van der Waals surface area contributed by atoms with Crippen molar-refractivity contribution in [1.29, 1.82) is 0 Å². The topological polar surface area (TPSA) is 210 Å². The predicted octanol–water partition coefficient (Wildman–Crippen LogP) is 0.426. The molecule has 1 fully saturated rings. The maximum atomic E-state index is 13.1. The molecule has 3 aromatic rings. The second-order valence-electron chi connectivity index (χ2n) is 13.2. The van der Waals surface area contributed by atoms with E-state index in [1.165, 1.54) is 28.5 Å². The van der Waals surface area contributed by atoms with Crippen molar-refractivity contribution >= 4 is 33.2 Å². The highest BCUT2D eigenvalue weighted by atomic mass is 32.2. The Balaban J connectivity index is 0.988. The minimum atomic E-state index is -3.70. The number of aliphatic hydroxyl groups excluding tert-OH is 4. The molecular weight excluding hydrogens is 694 g/mol. The van der Waals surface area contributed by atoms with Crippen LogP contribution in [-0.2, 0) is 28.2 Å². The van der Waals surface area contributed by atoms with Crippen molar-refractivity contribution in [3.63, 3.8) is 0 Å². The number of amides is 2. The van der Waals surface area contributed by atoms with Crippen molar-refractivity contribution in [2.24, 2.45) is 7.05 Å². The number of unbranched alkanes of at least 4 members (excludes halogenated alkanes) is 1. The molecule has 278 valence electrons. The van der Waals surface area contributed by atoms with Crippen molar-refractivity contribution in [3.05, 3.63) is 64.8 Å². The molecule has 1 aromatic heterocycles. The van der Waals surface area contributed by atoms with Crippen LogP contribution < -0.4 is 20.3 Å². The highest BCUT2D eigenvalue weighted by Crippen LogP contribution is 2.37. The molecule has 52 heavy (non-hydrogen) atoms. The Labute approximate surface area is 301 Å². The van der Waals surface area contributed by atoms with Gasteiger partial charge in [-0.25, -0.2) is 18.3 Å². The van der Waals surface area contributed by atoms with Gasteiger partial charge in [0, 0.05) is 48.6 Å². The SMILES string of the molecule is CN1C(O)c2c(nc(S(C)(=O)=O)n2C)N(CC#Cc2cccc(OCCCCC(=O)Nc3cccc4c3CN(C3CCC(O)NC3O)C4=O)c2)C1O. The van der Waals surface area contributed by atoms with Crippen molar-refractivity contribution in [3.8, 4) is 17.6 Å². The lowest BCUT2D eigenvalue weighted by Gasteiger charge is -2.40. The van der Waals surface area contributed by atoms with Gasteiger partial charge in [-0.3, -0.25) is 14.9 Å². The molecule has 6 rings (SSSR count). The van der Waals surface area contributed by atoms with Gasteiger partial charge in [0.05, 0.1) is 19.2 Å². The quantitative estimate of drug-likeness (QED) is 0.123. The number of imidazole rings is 1. The number of rotatable bonds is 10. The van der Waals surface area contributed by atoms with E-state index in [4.69, 9.17) is 4.74 Å². The molecule has 4 heterocycles. The van der Waals surface area contributed by atoms with E-state index >= 15 is 0 Å². The number of carbonyl (C=O) groups is 2.